The third-order valence-electron chi connectivity index (χ3n) is 3.26. The molecule has 0 bridgehead atoms. The quantitative estimate of drug-likeness (QED) is 0.336. The minimum absolute atomic E-state index is 0.141. The summed E-state index contributed by atoms with van der Waals surface area (Å²) in [6, 6.07) is 10.9. The summed E-state index contributed by atoms with van der Waals surface area (Å²) in [5.74, 6) is 0. The van der Waals surface area contributed by atoms with E-state index in [1.54, 1.807) is 12.1 Å². The van der Waals surface area contributed by atoms with E-state index in [9.17, 15) is 10.2 Å². The van der Waals surface area contributed by atoms with Gasteiger partial charge in [-0.25, -0.2) is 0 Å². The van der Waals surface area contributed by atoms with Crippen LogP contribution in [0.3, 0.4) is 0 Å². The zero-order valence-corrected chi connectivity index (χ0v) is 10.8. The Labute approximate surface area is 116 Å². The van der Waals surface area contributed by atoms with Gasteiger partial charge in [-0.3, -0.25) is 0 Å². The van der Waals surface area contributed by atoms with E-state index in [0.717, 1.165) is 10.8 Å². The van der Waals surface area contributed by atoms with Crippen LogP contribution >= 0.6 is 0 Å². The first-order valence-corrected chi connectivity index (χ1v) is 6.29. The standard InChI is InChI=1S/C14H16N4O2/c15-12-6-5-11(9-3-1-2-4-10(9)12)14(20)13(19)7-8-17-18-16/h1-6,13-14,19-20H,7-8,15H2. The molecule has 2 aromatic carbocycles. The van der Waals surface area contributed by atoms with Crippen LogP contribution in [-0.2, 0) is 0 Å². The van der Waals surface area contributed by atoms with E-state index in [2.05, 4.69) is 10.0 Å². The molecule has 2 atom stereocenters. The van der Waals surface area contributed by atoms with Crippen molar-refractivity contribution in [1.82, 2.24) is 0 Å². The van der Waals surface area contributed by atoms with Crippen LogP contribution in [0.4, 0.5) is 5.69 Å². The predicted octanol–water partition coefficient (Wildman–Crippen LogP) is 2.52. The highest BCUT2D eigenvalue weighted by molar-refractivity contribution is 5.95. The van der Waals surface area contributed by atoms with Gasteiger partial charge < -0.3 is 15.9 Å². The molecule has 6 heteroatoms. The molecule has 0 fully saturated rings. The van der Waals surface area contributed by atoms with Gasteiger partial charge in [-0.05, 0) is 29.0 Å². The number of anilines is 1. The number of nitrogens with two attached hydrogens (primary N) is 1. The molecule has 0 aliphatic heterocycles. The highest BCUT2D eigenvalue weighted by Crippen LogP contribution is 2.30. The van der Waals surface area contributed by atoms with Crippen LogP contribution in [0.2, 0.25) is 0 Å². The number of benzene rings is 2. The molecule has 0 saturated carbocycles. The summed E-state index contributed by atoms with van der Waals surface area (Å²) >= 11 is 0. The molecule has 2 aromatic rings. The minimum atomic E-state index is -1.05. The molecule has 6 nitrogen and oxygen atoms in total. The van der Waals surface area contributed by atoms with Crippen LogP contribution in [0.15, 0.2) is 41.5 Å². The molecule has 0 amide bonds. The molecule has 20 heavy (non-hydrogen) atoms. The average molecular weight is 272 g/mol. The van der Waals surface area contributed by atoms with Crippen LogP contribution in [0.25, 0.3) is 21.2 Å². The lowest BCUT2D eigenvalue weighted by atomic mass is 9.95. The number of fused-ring (bicyclic) bond motifs is 1. The van der Waals surface area contributed by atoms with E-state index in [4.69, 9.17) is 11.3 Å². The van der Waals surface area contributed by atoms with Gasteiger partial charge in [0.2, 0.25) is 0 Å². The lowest BCUT2D eigenvalue weighted by Gasteiger charge is -2.19. The Morgan fingerprint density at radius 1 is 1.15 bits per heavy atom. The van der Waals surface area contributed by atoms with E-state index in [1.807, 2.05) is 24.3 Å². The van der Waals surface area contributed by atoms with E-state index in [-0.39, 0.29) is 13.0 Å². The fraction of sp³-hybridized carbons (Fsp3) is 0.286. The minimum Gasteiger partial charge on any atom is -0.398 e. The second kappa shape index (κ2) is 6.25. The molecule has 0 radical (unpaired) electrons. The smallest absolute Gasteiger partial charge is 0.105 e. The van der Waals surface area contributed by atoms with Crippen molar-refractivity contribution in [1.29, 1.82) is 0 Å². The van der Waals surface area contributed by atoms with Crippen molar-refractivity contribution >= 4 is 16.5 Å². The summed E-state index contributed by atoms with van der Waals surface area (Å²) in [5, 5.41) is 25.2. The number of rotatable bonds is 5. The third-order valence-corrected chi connectivity index (χ3v) is 3.26. The van der Waals surface area contributed by atoms with Crippen LogP contribution in [0, 0.1) is 0 Å². The molecule has 4 N–H and O–H groups in total. The van der Waals surface area contributed by atoms with Gasteiger partial charge >= 0.3 is 0 Å². The van der Waals surface area contributed by atoms with Gasteiger partial charge in [0.1, 0.15) is 6.10 Å². The number of hydrogen-bond acceptors (Lipinski definition) is 4. The van der Waals surface area contributed by atoms with E-state index in [1.165, 1.54) is 0 Å². The molecule has 0 aliphatic carbocycles. The Kier molecular flexibility index (Phi) is 4.42. The molecule has 2 unspecified atom stereocenters. The van der Waals surface area contributed by atoms with Crippen molar-refractivity contribution in [3.63, 3.8) is 0 Å². The summed E-state index contributed by atoms with van der Waals surface area (Å²) in [6.07, 6.45) is -1.84. The highest BCUT2D eigenvalue weighted by atomic mass is 16.3. The number of nitrogens with zero attached hydrogens (tertiary/aromatic N) is 3. The van der Waals surface area contributed by atoms with Gasteiger partial charge in [-0.2, -0.15) is 0 Å². The normalized spacial score (nSPS) is 13.7. The number of hydrogen-bond donors (Lipinski definition) is 3. The molecule has 104 valence electrons. The summed E-state index contributed by atoms with van der Waals surface area (Å²) < 4.78 is 0. The average Bonchev–Trinajstić information content (AvgIpc) is 2.47. The van der Waals surface area contributed by atoms with E-state index < -0.39 is 12.2 Å². The van der Waals surface area contributed by atoms with Crippen LogP contribution in [-0.4, -0.2) is 22.9 Å². The fourth-order valence-electron chi connectivity index (χ4n) is 2.20. The zero-order valence-electron chi connectivity index (χ0n) is 10.8. The Hall–Kier alpha value is -2.27. The van der Waals surface area contributed by atoms with Crippen LogP contribution in [0.1, 0.15) is 18.1 Å². The van der Waals surface area contributed by atoms with Gasteiger partial charge in [0.25, 0.3) is 0 Å². The molecule has 0 heterocycles. The van der Waals surface area contributed by atoms with Crippen molar-refractivity contribution in [2.45, 2.75) is 18.6 Å². The van der Waals surface area contributed by atoms with Crippen LogP contribution < -0.4 is 5.73 Å². The predicted molar refractivity (Wildman–Crippen MR) is 78.0 cm³/mol. The second-order valence-electron chi connectivity index (χ2n) is 4.54. The topological polar surface area (TPSA) is 115 Å². The summed E-state index contributed by atoms with van der Waals surface area (Å²) in [7, 11) is 0. The number of nitrogen functional groups attached to an aromatic ring is 1. The Bertz CT molecular complexity index is 653. The number of aliphatic hydroxyl groups is 2. The van der Waals surface area contributed by atoms with Crippen molar-refractivity contribution in [3.8, 4) is 0 Å². The largest absolute Gasteiger partial charge is 0.398 e. The molecule has 0 spiro atoms. The van der Waals surface area contributed by atoms with E-state index >= 15 is 0 Å². The Balaban J connectivity index is 2.32. The first-order valence-electron chi connectivity index (χ1n) is 6.29. The van der Waals surface area contributed by atoms with E-state index in [0.29, 0.717) is 11.3 Å². The number of azide groups is 1. The summed E-state index contributed by atoms with van der Waals surface area (Å²) in [5.41, 5.74) is 15.3. The summed E-state index contributed by atoms with van der Waals surface area (Å²) in [4.78, 5) is 2.62. The first kappa shape index (κ1) is 14.1. The first-order chi connectivity index (χ1) is 9.65. The maximum atomic E-state index is 10.3. The Morgan fingerprint density at radius 3 is 2.55 bits per heavy atom. The van der Waals surface area contributed by atoms with Gasteiger partial charge in [0, 0.05) is 22.5 Å². The van der Waals surface area contributed by atoms with Gasteiger partial charge in [-0.1, -0.05) is 35.4 Å². The molecule has 2 rings (SSSR count). The van der Waals surface area contributed by atoms with Crippen LogP contribution in [0.5, 0.6) is 0 Å². The molecule has 0 saturated heterocycles. The zero-order chi connectivity index (χ0) is 14.5. The van der Waals surface area contributed by atoms with Crippen molar-refractivity contribution in [2.75, 3.05) is 12.3 Å². The lowest BCUT2D eigenvalue weighted by Crippen LogP contribution is -2.19. The second-order valence-corrected chi connectivity index (χ2v) is 4.54. The molecule has 0 aromatic heterocycles. The van der Waals surface area contributed by atoms with Gasteiger partial charge in [0.15, 0.2) is 0 Å². The van der Waals surface area contributed by atoms with Crippen molar-refractivity contribution in [2.24, 2.45) is 5.11 Å². The lowest BCUT2D eigenvalue weighted by molar-refractivity contribution is 0.0159. The van der Waals surface area contributed by atoms with Gasteiger partial charge in [-0.15, -0.1) is 0 Å². The third kappa shape index (κ3) is 2.83. The SMILES string of the molecule is [N-]=[N+]=NCCC(O)C(O)c1ccc(N)c2ccccc12. The Morgan fingerprint density at radius 2 is 1.85 bits per heavy atom. The monoisotopic (exact) mass is 272 g/mol. The number of aliphatic hydroxyl groups excluding tert-OH is 2. The maximum Gasteiger partial charge on any atom is 0.105 e. The fourth-order valence-corrected chi connectivity index (χ4v) is 2.20. The van der Waals surface area contributed by atoms with Gasteiger partial charge in [0.05, 0.1) is 6.10 Å². The molecular formula is C14H16N4O2. The van der Waals surface area contributed by atoms with Crippen molar-refractivity contribution < 1.29 is 10.2 Å². The van der Waals surface area contributed by atoms with Crippen molar-refractivity contribution in [3.05, 3.63) is 52.4 Å². The molecule has 0 aliphatic rings. The maximum absolute atomic E-state index is 10.3. The summed E-state index contributed by atoms with van der Waals surface area (Å²) in [6.45, 7) is 0.141. The molecular weight excluding hydrogens is 256 g/mol. The highest BCUT2D eigenvalue weighted by Gasteiger charge is 2.20.